The maximum atomic E-state index is 13.4. The van der Waals surface area contributed by atoms with Gasteiger partial charge in [0.15, 0.2) is 0 Å². The summed E-state index contributed by atoms with van der Waals surface area (Å²) in [4.78, 5) is 0. The molecule has 0 aliphatic rings. The largest absolute Gasteiger partial charge is 0.460 e. The molecule has 0 bridgehead atoms. The van der Waals surface area contributed by atoms with Crippen LogP contribution in [-0.2, 0) is 15.6 Å². The highest BCUT2D eigenvalue weighted by Crippen LogP contribution is 2.55. The third-order valence-electron chi connectivity index (χ3n) is 2.71. The molecule has 0 aliphatic carbocycles. The Balaban J connectivity index is 3.33. The van der Waals surface area contributed by atoms with Crippen LogP contribution < -0.4 is 0 Å². The van der Waals surface area contributed by atoms with Crippen molar-refractivity contribution in [1.29, 1.82) is 0 Å². The standard InChI is InChI=1S/C11H7F9O2S/c12-8(13,10(16,17)18)9(14,15)11(19,20)23(21,22)6-7-4-2-1-3-5-7/h1-5H,6H2. The van der Waals surface area contributed by atoms with Gasteiger partial charge in [0.1, 0.15) is 0 Å². The zero-order valence-corrected chi connectivity index (χ0v) is 11.5. The fourth-order valence-corrected chi connectivity index (χ4v) is 2.77. The maximum absolute atomic E-state index is 13.4. The second-order valence-corrected chi connectivity index (χ2v) is 6.44. The van der Waals surface area contributed by atoms with E-state index in [-0.39, 0.29) is 0 Å². The van der Waals surface area contributed by atoms with Gasteiger partial charge in [0.2, 0.25) is 9.84 Å². The number of alkyl halides is 9. The summed E-state index contributed by atoms with van der Waals surface area (Å²) in [6.07, 6.45) is -7.07. The maximum Gasteiger partial charge on any atom is 0.460 e. The Kier molecular flexibility index (Phi) is 4.74. The smallest absolute Gasteiger partial charge is 0.222 e. The quantitative estimate of drug-likeness (QED) is 0.730. The van der Waals surface area contributed by atoms with E-state index >= 15 is 0 Å². The highest BCUT2D eigenvalue weighted by Gasteiger charge is 2.85. The summed E-state index contributed by atoms with van der Waals surface area (Å²) in [5, 5.41) is -6.64. The van der Waals surface area contributed by atoms with Crippen LogP contribution in [0.1, 0.15) is 5.56 Å². The zero-order chi connectivity index (χ0) is 18.3. The van der Waals surface area contributed by atoms with Gasteiger partial charge in [0.05, 0.1) is 5.75 Å². The fraction of sp³-hybridized carbons (Fsp3) is 0.455. The molecule has 1 aromatic carbocycles. The molecule has 0 fully saturated rings. The molecular weight excluding hydrogens is 367 g/mol. The first-order chi connectivity index (χ1) is 10.1. The molecule has 132 valence electrons. The summed E-state index contributed by atoms with van der Waals surface area (Å²) < 4.78 is 137. The van der Waals surface area contributed by atoms with E-state index in [0.29, 0.717) is 0 Å². The third kappa shape index (κ3) is 3.12. The lowest BCUT2D eigenvalue weighted by atomic mass is 10.1. The van der Waals surface area contributed by atoms with Crippen molar-refractivity contribution in [3.05, 3.63) is 35.9 Å². The van der Waals surface area contributed by atoms with Crippen LogP contribution in [0, 0.1) is 0 Å². The molecular formula is C11H7F9O2S. The Morgan fingerprint density at radius 1 is 0.739 bits per heavy atom. The fourth-order valence-electron chi connectivity index (χ4n) is 1.44. The molecule has 0 atom stereocenters. The zero-order valence-electron chi connectivity index (χ0n) is 10.7. The van der Waals surface area contributed by atoms with Crippen molar-refractivity contribution in [3.63, 3.8) is 0 Å². The summed E-state index contributed by atoms with van der Waals surface area (Å²) in [6, 6.07) is 5.36. The van der Waals surface area contributed by atoms with Gasteiger partial charge in [-0.25, -0.2) is 8.42 Å². The molecule has 0 radical (unpaired) electrons. The predicted octanol–water partition coefficient (Wildman–Crippen LogP) is 4.03. The van der Waals surface area contributed by atoms with Gasteiger partial charge in [0, 0.05) is 0 Å². The summed E-state index contributed by atoms with van der Waals surface area (Å²) in [6.45, 7) is 0. The van der Waals surface area contributed by atoms with Crippen molar-refractivity contribution in [2.75, 3.05) is 0 Å². The second-order valence-electron chi connectivity index (χ2n) is 4.41. The minimum Gasteiger partial charge on any atom is -0.222 e. The Morgan fingerprint density at radius 2 is 1.17 bits per heavy atom. The molecule has 23 heavy (non-hydrogen) atoms. The van der Waals surface area contributed by atoms with Crippen LogP contribution in [0.5, 0.6) is 0 Å². The Hall–Kier alpha value is -1.46. The van der Waals surface area contributed by atoms with Gasteiger partial charge in [-0.2, -0.15) is 39.5 Å². The lowest BCUT2D eigenvalue weighted by Gasteiger charge is -2.33. The number of halogens is 9. The van der Waals surface area contributed by atoms with E-state index in [2.05, 4.69) is 0 Å². The normalized spacial score (nSPS) is 14.8. The molecule has 12 heteroatoms. The van der Waals surface area contributed by atoms with Crippen molar-refractivity contribution in [2.45, 2.75) is 29.0 Å². The molecule has 0 saturated heterocycles. The first-order valence-electron chi connectivity index (χ1n) is 5.54. The lowest BCUT2D eigenvalue weighted by molar-refractivity contribution is -0.382. The summed E-state index contributed by atoms with van der Waals surface area (Å²) in [5.41, 5.74) is -0.488. The van der Waals surface area contributed by atoms with Crippen molar-refractivity contribution in [3.8, 4) is 0 Å². The molecule has 0 heterocycles. The van der Waals surface area contributed by atoms with Crippen LogP contribution in [0.25, 0.3) is 0 Å². The van der Waals surface area contributed by atoms with Crippen LogP contribution >= 0.6 is 0 Å². The molecule has 1 aromatic rings. The van der Waals surface area contributed by atoms with Gasteiger partial charge in [-0.05, 0) is 5.56 Å². The van der Waals surface area contributed by atoms with Gasteiger partial charge < -0.3 is 0 Å². The van der Waals surface area contributed by atoms with E-state index in [1.165, 1.54) is 6.07 Å². The van der Waals surface area contributed by atoms with E-state index in [1.54, 1.807) is 0 Å². The third-order valence-corrected chi connectivity index (χ3v) is 4.46. The molecule has 0 spiro atoms. The minimum absolute atomic E-state index is 0.488. The second kappa shape index (κ2) is 5.56. The number of hydrogen-bond donors (Lipinski definition) is 0. The topological polar surface area (TPSA) is 34.1 Å². The Labute approximate surface area is 123 Å². The summed E-state index contributed by atoms with van der Waals surface area (Å²) >= 11 is 0. The average Bonchev–Trinajstić information content (AvgIpc) is 2.37. The molecule has 0 aromatic heterocycles. The van der Waals surface area contributed by atoms with Crippen molar-refractivity contribution >= 4 is 9.84 Å². The van der Waals surface area contributed by atoms with Crippen molar-refractivity contribution < 1.29 is 47.9 Å². The van der Waals surface area contributed by atoms with Crippen LogP contribution in [0.2, 0.25) is 0 Å². The van der Waals surface area contributed by atoms with Gasteiger partial charge >= 0.3 is 23.3 Å². The van der Waals surface area contributed by atoms with Crippen LogP contribution in [0.3, 0.4) is 0 Å². The molecule has 0 unspecified atom stereocenters. The predicted molar refractivity (Wildman–Crippen MR) is 60.0 cm³/mol. The number of sulfone groups is 1. The SMILES string of the molecule is O=S(=O)(Cc1ccccc1)C(F)(F)C(F)(F)C(F)(F)C(F)(F)F. The van der Waals surface area contributed by atoms with Gasteiger partial charge in [-0.15, -0.1) is 0 Å². The van der Waals surface area contributed by atoms with Gasteiger partial charge in [0.25, 0.3) is 0 Å². The van der Waals surface area contributed by atoms with Gasteiger partial charge in [-0.1, -0.05) is 30.3 Å². The molecule has 0 amide bonds. The van der Waals surface area contributed by atoms with E-state index in [9.17, 15) is 47.9 Å². The first kappa shape index (κ1) is 19.6. The molecule has 2 nitrogen and oxygen atoms in total. The lowest BCUT2D eigenvalue weighted by Crippen LogP contribution is -2.63. The number of benzene rings is 1. The van der Waals surface area contributed by atoms with Crippen molar-refractivity contribution in [2.24, 2.45) is 0 Å². The monoisotopic (exact) mass is 374 g/mol. The van der Waals surface area contributed by atoms with Crippen LogP contribution in [0.15, 0.2) is 30.3 Å². The molecule has 0 N–H and O–H groups in total. The number of rotatable bonds is 5. The first-order valence-corrected chi connectivity index (χ1v) is 7.19. The number of hydrogen-bond acceptors (Lipinski definition) is 2. The highest BCUT2D eigenvalue weighted by molar-refractivity contribution is 7.91. The van der Waals surface area contributed by atoms with Crippen molar-refractivity contribution in [1.82, 2.24) is 0 Å². The van der Waals surface area contributed by atoms with Crippen LogP contribution in [-0.4, -0.2) is 31.7 Å². The summed E-state index contributed by atoms with van der Waals surface area (Å²) in [7, 11) is -6.38. The highest BCUT2D eigenvalue weighted by atomic mass is 32.2. The van der Waals surface area contributed by atoms with E-state index in [1.807, 2.05) is 0 Å². The minimum atomic E-state index is -7.24. The summed E-state index contributed by atoms with van der Waals surface area (Å²) in [5.74, 6) is -16.3. The van der Waals surface area contributed by atoms with E-state index < -0.39 is 44.4 Å². The molecule has 0 aliphatic heterocycles. The Bertz CT molecular complexity index is 650. The Morgan fingerprint density at radius 3 is 1.57 bits per heavy atom. The van der Waals surface area contributed by atoms with Crippen LogP contribution in [0.4, 0.5) is 39.5 Å². The average molecular weight is 374 g/mol. The van der Waals surface area contributed by atoms with E-state index in [0.717, 1.165) is 24.3 Å². The molecule has 1 rings (SSSR count). The van der Waals surface area contributed by atoms with E-state index in [4.69, 9.17) is 0 Å². The molecule has 0 saturated carbocycles. The van der Waals surface area contributed by atoms with Gasteiger partial charge in [-0.3, -0.25) is 0 Å².